The minimum atomic E-state index is -4.64. The normalized spacial score (nSPS) is 16.6. The number of alkyl halides is 3. The first-order chi connectivity index (χ1) is 9.24. The van der Waals surface area contributed by atoms with Gasteiger partial charge in [-0.1, -0.05) is 0 Å². The van der Waals surface area contributed by atoms with Crippen LogP contribution in [0.5, 0.6) is 5.75 Å². The van der Waals surface area contributed by atoms with Gasteiger partial charge in [0.05, 0.1) is 6.04 Å². The molecule has 2 rings (SSSR count). The first-order valence-electron chi connectivity index (χ1n) is 5.75. The van der Waals surface area contributed by atoms with Crippen LogP contribution in [0.25, 0.3) is 0 Å². The Labute approximate surface area is 112 Å². The summed E-state index contributed by atoms with van der Waals surface area (Å²) in [4.78, 5) is 16.1. The fourth-order valence-corrected chi connectivity index (χ4v) is 1.90. The van der Waals surface area contributed by atoms with E-state index in [1.54, 1.807) is 0 Å². The van der Waals surface area contributed by atoms with Crippen LogP contribution in [0.3, 0.4) is 0 Å². The molecule has 0 radical (unpaired) electrons. The second kappa shape index (κ2) is 5.16. The van der Waals surface area contributed by atoms with Gasteiger partial charge in [-0.05, 0) is 7.05 Å². The van der Waals surface area contributed by atoms with Crippen molar-refractivity contribution in [2.24, 2.45) is 5.73 Å². The molecule has 0 bridgehead atoms. The number of hydrogen-bond acceptors (Lipinski definition) is 5. The third-order valence-corrected chi connectivity index (χ3v) is 2.72. The number of anilines is 1. The average Bonchev–Trinajstić information content (AvgIpc) is 2.24. The molecule has 1 fully saturated rings. The number of pyridine rings is 1. The maximum absolute atomic E-state index is 12.7. The number of halogens is 3. The van der Waals surface area contributed by atoms with Crippen LogP contribution in [0.2, 0.25) is 0 Å². The number of amides is 1. The largest absolute Gasteiger partial charge is 0.433 e. The Bertz CT molecular complexity index is 515. The summed E-state index contributed by atoms with van der Waals surface area (Å²) in [7, 11) is 1.89. The summed E-state index contributed by atoms with van der Waals surface area (Å²) in [6.07, 6.45) is -5.82. The average molecular weight is 290 g/mol. The molecule has 1 aromatic heterocycles. The molecule has 3 N–H and O–H groups in total. The molecule has 0 spiro atoms. The summed E-state index contributed by atoms with van der Waals surface area (Å²) in [5, 5.41) is 2.85. The van der Waals surface area contributed by atoms with E-state index in [0.717, 1.165) is 0 Å². The summed E-state index contributed by atoms with van der Waals surface area (Å²) >= 11 is 0. The molecule has 110 valence electrons. The highest BCUT2D eigenvalue weighted by Gasteiger charge is 2.34. The minimum absolute atomic E-state index is 0.00539. The summed E-state index contributed by atoms with van der Waals surface area (Å²) in [6, 6.07) is 1.85. The second-order valence-electron chi connectivity index (χ2n) is 4.55. The molecule has 1 aliphatic rings. The quantitative estimate of drug-likeness (QED) is 0.876. The highest BCUT2D eigenvalue weighted by molar-refractivity contribution is 5.68. The van der Waals surface area contributed by atoms with Crippen molar-refractivity contribution >= 4 is 11.9 Å². The van der Waals surface area contributed by atoms with Crippen molar-refractivity contribution in [1.29, 1.82) is 0 Å². The molecule has 0 saturated carbocycles. The number of likely N-dealkylation sites (tertiary alicyclic amines) is 1. The van der Waals surface area contributed by atoms with Gasteiger partial charge in [0.2, 0.25) is 0 Å². The number of nitrogens with zero attached hydrogens (tertiary/aromatic N) is 2. The van der Waals surface area contributed by atoms with Crippen molar-refractivity contribution in [3.05, 3.63) is 17.8 Å². The number of rotatable bonds is 3. The van der Waals surface area contributed by atoms with E-state index in [1.165, 1.54) is 6.07 Å². The number of primary amides is 1. The molecule has 1 saturated heterocycles. The number of nitrogens with two attached hydrogens (primary N) is 1. The van der Waals surface area contributed by atoms with E-state index in [-0.39, 0.29) is 17.6 Å². The highest BCUT2D eigenvalue weighted by atomic mass is 19.4. The Morgan fingerprint density at radius 3 is 2.65 bits per heavy atom. The summed E-state index contributed by atoms with van der Waals surface area (Å²) < 4.78 is 42.6. The fraction of sp³-hybridized carbons (Fsp3) is 0.455. The van der Waals surface area contributed by atoms with Crippen LogP contribution in [0.15, 0.2) is 12.1 Å². The van der Waals surface area contributed by atoms with Crippen molar-refractivity contribution in [3.63, 3.8) is 0 Å². The zero-order valence-corrected chi connectivity index (χ0v) is 10.6. The zero-order chi connectivity index (χ0) is 14.9. The van der Waals surface area contributed by atoms with E-state index in [1.807, 2.05) is 11.9 Å². The Hall–Kier alpha value is -2.03. The molecule has 9 heteroatoms. The SMILES string of the molecule is CN1CC(Nc2cc(OC(N)=O)cc(C(F)(F)F)n2)C1. The topological polar surface area (TPSA) is 80.5 Å². The van der Waals surface area contributed by atoms with Crippen LogP contribution >= 0.6 is 0 Å². The Kier molecular flexibility index (Phi) is 3.71. The van der Waals surface area contributed by atoms with Crippen molar-refractivity contribution in [3.8, 4) is 5.75 Å². The number of hydrogen-bond donors (Lipinski definition) is 2. The van der Waals surface area contributed by atoms with Gasteiger partial charge in [0.1, 0.15) is 11.6 Å². The number of likely N-dealkylation sites (N-methyl/N-ethyl adjacent to an activating group) is 1. The maximum Gasteiger partial charge on any atom is 0.433 e. The summed E-state index contributed by atoms with van der Waals surface area (Å²) in [5.74, 6) is -0.302. The van der Waals surface area contributed by atoms with E-state index in [4.69, 9.17) is 5.73 Å². The van der Waals surface area contributed by atoms with Crippen LogP contribution in [-0.4, -0.2) is 42.2 Å². The third kappa shape index (κ3) is 3.50. The molecule has 2 heterocycles. The zero-order valence-electron chi connectivity index (χ0n) is 10.6. The van der Waals surface area contributed by atoms with Crippen LogP contribution in [-0.2, 0) is 6.18 Å². The number of carbonyl (C=O) groups is 1. The van der Waals surface area contributed by atoms with Gasteiger partial charge in [-0.15, -0.1) is 0 Å². The Morgan fingerprint density at radius 1 is 1.50 bits per heavy atom. The van der Waals surface area contributed by atoms with E-state index < -0.39 is 18.0 Å². The molecule has 0 aliphatic carbocycles. The first-order valence-corrected chi connectivity index (χ1v) is 5.75. The lowest BCUT2D eigenvalue weighted by molar-refractivity contribution is -0.141. The van der Waals surface area contributed by atoms with Crippen LogP contribution in [0, 0.1) is 0 Å². The summed E-state index contributed by atoms with van der Waals surface area (Å²) in [6.45, 7) is 1.40. The van der Waals surface area contributed by atoms with Gasteiger partial charge in [0, 0.05) is 25.2 Å². The monoisotopic (exact) mass is 290 g/mol. The Morgan fingerprint density at radius 2 is 2.15 bits per heavy atom. The smallest absolute Gasteiger partial charge is 0.410 e. The lowest BCUT2D eigenvalue weighted by Gasteiger charge is -2.36. The van der Waals surface area contributed by atoms with Crippen molar-refractivity contribution in [2.75, 3.05) is 25.5 Å². The maximum atomic E-state index is 12.7. The molecular formula is C11H13F3N4O2. The van der Waals surface area contributed by atoms with Crippen molar-refractivity contribution in [2.45, 2.75) is 12.2 Å². The molecular weight excluding hydrogens is 277 g/mol. The van der Waals surface area contributed by atoms with Gasteiger partial charge < -0.3 is 20.7 Å². The molecule has 20 heavy (non-hydrogen) atoms. The van der Waals surface area contributed by atoms with E-state index in [2.05, 4.69) is 15.0 Å². The van der Waals surface area contributed by atoms with E-state index >= 15 is 0 Å². The molecule has 1 aliphatic heterocycles. The van der Waals surface area contributed by atoms with Crippen LogP contribution < -0.4 is 15.8 Å². The minimum Gasteiger partial charge on any atom is -0.410 e. The molecule has 1 amide bonds. The Balaban J connectivity index is 2.23. The lowest BCUT2D eigenvalue weighted by Crippen LogP contribution is -2.52. The third-order valence-electron chi connectivity index (χ3n) is 2.72. The van der Waals surface area contributed by atoms with Gasteiger partial charge in [0.25, 0.3) is 0 Å². The predicted molar refractivity (Wildman–Crippen MR) is 64.4 cm³/mol. The number of carbonyl (C=O) groups excluding carboxylic acids is 1. The predicted octanol–water partition coefficient (Wildman–Crippen LogP) is 1.28. The van der Waals surface area contributed by atoms with Gasteiger partial charge >= 0.3 is 12.3 Å². The van der Waals surface area contributed by atoms with Crippen LogP contribution in [0.4, 0.5) is 23.8 Å². The molecule has 0 unspecified atom stereocenters. The van der Waals surface area contributed by atoms with Crippen molar-refractivity contribution < 1.29 is 22.7 Å². The van der Waals surface area contributed by atoms with Gasteiger partial charge in [0.15, 0.2) is 5.69 Å². The number of nitrogens with one attached hydrogen (secondary N) is 1. The second-order valence-corrected chi connectivity index (χ2v) is 4.55. The highest BCUT2D eigenvalue weighted by Crippen LogP contribution is 2.32. The van der Waals surface area contributed by atoms with Gasteiger partial charge in [-0.3, -0.25) is 0 Å². The van der Waals surface area contributed by atoms with E-state index in [0.29, 0.717) is 19.2 Å². The fourth-order valence-electron chi connectivity index (χ4n) is 1.90. The summed E-state index contributed by atoms with van der Waals surface area (Å²) in [5.41, 5.74) is 3.65. The molecule has 6 nitrogen and oxygen atoms in total. The van der Waals surface area contributed by atoms with Gasteiger partial charge in [-0.2, -0.15) is 13.2 Å². The number of aromatic nitrogens is 1. The molecule has 1 aromatic rings. The molecule has 0 aromatic carbocycles. The lowest BCUT2D eigenvalue weighted by atomic mass is 10.1. The van der Waals surface area contributed by atoms with Crippen molar-refractivity contribution in [1.82, 2.24) is 9.88 Å². The standard InChI is InChI=1S/C11H13F3N4O2/c1-18-4-6(5-18)16-9-3-7(20-10(15)19)2-8(17-9)11(12,13)14/h2-3,6H,4-5H2,1H3,(H2,15,19)(H,16,17). The van der Waals surface area contributed by atoms with Crippen LogP contribution in [0.1, 0.15) is 5.69 Å². The molecule has 0 atom stereocenters. The number of ether oxygens (including phenoxy) is 1. The first kappa shape index (κ1) is 14.4. The van der Waals surface area contributed by atoms with Gasteiger partial charge in [-0.25, -0.2) is 9.78 Å². The van der Waals surface area contributed by atoms with E-state index in [9.17, 15) is 18.0 Å².